The first-order valence-electron chi connectivity index (χ1n) is 12.5. The highest BCUT2D eigenvalue weighted by Gasteiger charge is 2.23. The number of phenols is 1. The number of nitrogens with zero attached hydrogens (tertiary/aromatic N) is 1. The van der Waals surface area contributed by atoms with E-state index in [0.29, 0.717) is 42.9 Å². The molecule has 2 aromatic rings. The number of aromatic hydroxyl groups is 1. The van der Waals surface area contributed by atoms with E-state index in [9.17, 15) is 9.90 Å². The van der Waals surface area contributed by atoms with Gasteiger partial charge in [0, 0.05) is 23.6 Å². The number of allylic oxidation sites excluding steroid dienone is 1. The SMILES string of the molecule is CCCc1c(OCCCOc2ccc3c(c2CCC)OC(C=CC#N)CC3)ccc(C(C)=O)c1O. The van der Waals surface area contributed by atoms with E-state index in [2.05, 4.69) is 13.0 Å². The van der Waals surface area contributed by atoms with Gasteiger partial charge in [0.15, 0.2) is 5.78 Å². The highest BCUT2D eigenvalue weighted by Crippen LogP contribution is 2.38. The molecule has 0 radical (unpaired) electrons. The van der Waals surface area contributed by atoms with E-state index in [1.54, 1.807) is 12.1 Å². The van der Waals surface area contributed by atoms with Crippen molar-refractivity contribution in [3.8, 4) is 29.1 Å². The number of benzene rings is 2. The van der Waals surface area contributed by atoms with E-state index in [1.807, 2.05) is 25.1 Å². The zero-order chi connectivity index (χ0) is 25.2. The molecular formula is C29H35NO5. The Balaban J connectivity index is 1.63. The Morgan fingerprint density at radius 1 is 1.11 bits per heavy atom. The van der Waals surface area contributed by atoms with Gasteiger partial charge >= 0.3 is 0 Å². The lowest BCUT2D eigenvalue weighted by Crippen LogP contribution is -2.22. The largest absolute Gasteiger partial charge is 0.507 e. The van der Waals surface area contributed by atoms with Gasteiger partial charge in [-0.3, -0.25) is 4.79 Å². The molecule has 0 aliphatic carbocycles. The van der Waals surface area contributed by atoms with Gasteiger partial charge in [0.1, 0.15) is 29.1 Å². The van der Waals surface area contributed by atoms with Crippen LogP contribution < -0.4 is 14.2 Å². The number of ether oxygens (including phenoxy) is 3. The molecule has 1 N–H and O–H groups in total. The summed E-state index contributed by atoms with van der Waals surface area (Å²) in [5.41, 5.74) is 3.27. The van der Waals surface area contributed by atoms with Crippen molar-refractivity contribution in [3.63, 3.8) is 0 Å². The third-order valence-electron chi connectivity index (χ3n) is 6.07. The van der Waals surface area contributed by atoms with Gasteiger partial charge in [0.2, 0.25) is 0 Å². The quantitative estimate of drug-likeness (QED) is 0.225. The monoisotopic (exact) mass is 477 g/mol. The Hall–Kier alpha value is -3.46. The van der Waals surface area contributed by atoms with Crippen LogP contribution in [-0.4, -0.2) is 30.2 Å². The average molecular weight is 478 g/mol. The molecule has 6 nitrogen and oxygen atoms in total. The first kappa shape index (κ1) is 26.2. The number of phenolic OH excluding ortho intramolecular Hbond substituents is 1. The van der Waals surface area contributed by atoms with Crippen molar-refractivity contribution in [2.24, 2.45) is 0 Å². The lowest BCUT2D eigenvalue weighted by Gasteiger charge is -2.27. The molecule has 1 atom stereocenters. The molecule has 3 rings (SSSR count). The molecule has 35 heavy (non-hydrogen) atoms. The maximum absolute atomic E-state index is 11.8. The van der Waals surface area contributed by atoms with Gasteiger partial charge in [0.25, 0.3) is 0 Å². The molecule has 2 aromatic carbocycles. The Bertz CT molecular complexity index is 1100. The minimum Gasteiger partial charge on any atom is -0.507 e. The Labute approximate surface area is 208 Å². The number of carbonyl (C=O) groups excluding carboxylic acids is 1. The number of nitriles is 1. The number of aryl methyl sites for hydroxylation is 1. The summed E-state index contributed by atoms with van der Waals surface area (Å²) in [6.45, 7) is 6.52. The maximum Gasteiger partial charge on any atom is 0.163 e. The van der Waals surface area contributed by atoms with Crippen LogP contribution in [0.1, 0.15) is 73.5 Å². The summed E-state index contributed by atoms with van der Waals surface area (Å²) in [4.78, 5) is 11.8. The Morgan fingerprint density at radius 2 is 1.77 bits per heavy atom. The number of hydrogen-bond donors (Lipinski definition) is 1. The van der Waals surface area contributed by atoms with E-state index >= 15 is 0 Å². The van der Waals surface area contributed by atoms with Crippen LogP contribution in [0.25, 0.3) is 0 Å². The molecule has 1 aliphatic rings. The van der Waals surface area contributed by atoms with Crippen LogP contribution in [-0.2, 0) is 19.3 Å². The molecule has 1 heterocycles. The number of ketones is 1. The summed E-state index contributed by atoms with van der Waals surface area (Å²) >= 11 is 0. The predicted molar refractivity (Wildman–Crippen MR) is 136 cm³/mol. The molecule has 0 saturated heterocycles. The number of carbonyl (C=O) groups is 1. The molecule has 0 aromatic heterocycles. The lowest BCUT2D eigenvalue weighted by atomic mass is 9.96. The van der Waals surface area contributed by atoms with E-state index < -0.39 is 0 Å². The van der Waals surface area contributed by atoms with Crippen molar-refractivity contribution < 1.29 is 24.1 Å². The highest BCUT2D eigenvalue weighted by molar-refractivity contribution is 5.97. The molecule has 186 valence electrons. The molecule has 6 heteroatoms. The molecular weight excluding hydrogens is 442 g/mol. The van der Waals surface area contributed by atoms with Crippen LogP contribution in [0.2, 0.25) is 0 Å². The number of rotatable bonds is 12. The van der Waals surface area contributed by atoms with Gasteiger partial charge in [-0.1, -0.05) is 32.8 Å². The van der Waals surface area contributed by atoms with Crippen LogP contribution in [0.3, 0.4) is 0 Å². The third-order valence-corrected chi connectivity index (χ3v) is 6.07. The third kappa shape index (κ3) is 6.57. The number of fused-ring (bicyclic) bond motifs is 1. The van der Waals surface area contributed by atoms with E-state index in [-0.39, 0.29) is 17.6 Å². The van der Waals surface area contributed by atoms with Crippen LogP contribution >= 0.6 is 0 Å². The first-order valence-corrected chi connectivity index (χ1v) is 12.5. The minimum absolute atomic E-state index is 0.0225. The number of hydrogen-bond acceptors (Lipinski definition) is 6. The van der Waals surface area contributed by atoms with Crippen LogP contribution in [0, 0.1) is 11.3 Å². The van der Waals surface area contributed by atoms with Crippen molar-refractivity contribution in [2.75, 3.05) is 13.2 Å². The van der Waals surface area contributed by atoms with E-state index in [4.69, 9.17) is 19.5 Å². The highest BCUT2D eigenvalue weighted by atomic mass is 16.5. The summed E-state index contributed by atoms with van der Waals surface area (Å²) in [7, 11) is 0. The van der Waals surface area contributed by atoms with Gasteiger partial charge in [-0.05, 0) is 62.4 Å². The van der Waals surface area contributed by atoms with E-state index in [0.717, 1.165) is 49.2 Å². The van der Waals surface area contributed by atoms with Crippen molar-refractivity contribution >= 4 is 5.78 Å². The smallest absolute Gasteiger partial charge is 0.163 e. The minimum atomic E-state index is -0.163. The van der Waals surface area contributed by atoms with Gasteiger partial charge in [-0.25, -0.2) is 0 Å². The second-order valence-electron chi connectivity index (χ2n) is 8.76. The van der Waals surface area contributed by atoms with Crippen molar-refractivity contribution in [1.82, 2.24) is 0 Å². The van der Waals surface area contributed by atoms with Gasteiger partial charge in [0.05, 0.1) is 24.8 Å². The van der Waals surface area contributed by atoms with Crippen LogP contribution in [0.4, 0.5) is 0 Å². The topological polar surface area (TPSA) is 88.8 Å². The predicted octanol–water partition coefficient (Wildman–Crippen LogP) is 6.12. The molecule has 1 unspecified atom stereocenters. The summed E-state index contributed by atoms with van der Waals surface area (Å²) in [5, 5.41) is 19.3. The van der Waals surface area contributed by atoms with Crippen molar-refractivity contribution in [3.05, 3.63) is 58.7 Å². The van der Waals surface area contributed by atoms with Crippen LogP contribution in [0.15, 0.2) is 36.4 Å². The lowest BCUT2D eigenvalue weighted by molar-refractivity contribution is 0.101. The van der Waals surface area contributed by atoms with Crippen molar-refractivity contribution in [1.29, 1.82) is 5.26 Å². The molecule has 0 saturated carbocycles. The van der Waals surface area contributed by atoms with Gasteiger partial charge < -0.3 is 19.3 Å². The van der Waals surface area contributed by atoms with Crippen molar-refractivity contribution in [2.45, 2.75) is 71.8 Å². The van der Waals surface area contributed by atoms with Gasteiger partial charge in [-0.15, -0.1) is 0 Å². The second kappa shape index (κ2) is 12.9. The first-order chi connectivity index (χ1) is 17.0. The van der Waals surface area contributed by atoms with Gasteiger partial charge in [-0.2, -0.15) is 5.26 Å². The molecule has 0 bridgehead atoms. The molecule has 0 amide bonds. The molecule has 0 fully saturated rings. The second-order valence-corrected chi connectivity index (χ2v) is 8.76. The van der Waals surface area contributed by atoms with E-state index in [1.165, 1.54) is 18.6 Å². The normalized spacial score (nSPS) is 14.7. The standard InChI is InChI=1S/C29H35NO5/c1-4-8-24-26(16-14-23(20(3)31)28(24)32)33-18-7-19-34-27-15-12-21-11-13-22(10-6-17-30)35-29(21)25(27)9-5-2/h6,10,12,14-16,22,32H,4-5,7-9,11,13,18-19H2,1-3H3. The number of Topliss-reactive ketones (excluding diaryl/α,β-unsaturated/α-hetero) is 1. The Morgan fingerprint density at radius 3 is 2.43 bits per heavy atom. The fourth-order valence-electron chi connectivity index (χ4n) is 4.37. The van der Waals surface area contributed by atoms with Crippen LogP contribution in [0.5, 0.6) is 23.0 Å². The fraction of sp³-hybridized carbons (Fsp3) is 0.448. The fourth-order valence-corrected chi connectivity index (χ4v) is 4.37. The zero-order valence-electron chi connectivity index (χ0n) is 20.9. The molecule has 0 spiro atoms. The molecule has 1 aliphatic heterocycles. The summed E-state index contributed by atoms with van der Waals surface area (Å²) < 4.78 is 18.3. The summed E-state index contributed by atoms with van der Waals surface area (Å²) in [5.74, 6) is 2.19. The maximum atomic E-state index is 11.8. The summed E-state index contributed by atoms with van der Waals surface area (Å²) in [6, 6.07) is 9.51. The zero-order valence-corrected chi connectivity index (χ0v) is 20.9. The Kier molecular flexibility index (Phi) is 9.60. The average Bonchev–Trinajstić information content (AvgIpc) is 2.85. The summed E-state index contributed by atoms with van der Waals surface area (Å²) in [6.07, 6.45) is 8.94.